The summed E-state index contributed by atoms with van der Waals surface area (Å²) in [6, 6.07) is 8.78. The Bertz CT molecular complexity index is 1310. The molecule has 3 heterocycles. The van der Waals surface area contributed by atoms with Gasteiger partial charge in [0.1, 0.15) is 11.4 Å². The third-order valence-corrected chi connectivity index (χ3v) is 8.86. The number of hydrogen-bond donors (Lipinski definition) is 1. The number of rotatable bonds is 4. The molecule has 2 aromatic heterocycles. The van der Waals surface area contributed by atoms with Crippen LogP contribution in [0.4, 0.5) is 4.39 Å². The van der Waals surface area contributed by atoms with Crippen molar-refractivity contribution in [2.75, 3.05) is 12.8 Å². The van der Waals surface area contributed by atoms with Crippen LogP contribution in [0, 0.1) is 5.82 Å². The van der Waals surface area contributed by atoms with Gasteiger partial charge < -0.3 is 10.2 Å². The Hall–Kier alpha value is -2.79. The highest BCUT2D eigenvalue weighted by atomic mass is 32.2. The Labute approximate surface area is 182 Å². The number of guanidine groups is 1. The molecule has 0 spiro atoms. The van der Waals surface area contributed by atoms with Crippen LogP contribution in [-0.2, 0) is 15.6 Å². The van der Waals surface area contributed by atoms with Crippen molar-refractivity contribution in [3.63, 3.8) is 0 Å². The Balaban J connectivity index is 1.51. The average Bonchev–Trinajstić information content (AvgIpc) is 3.30. The van der Waals surface area contributed by atoms with Crippen molar-refractivity contribution in [2.45, 2.75) is 31.2 Å². The van der Waals surface area contributed by atoms with E-state index in [1.54, 1.807) is 6.92 Å². The Morgan fingerprint density at radius 1 is 1.26 bits per heavy atom. The van der Waals surface area contributed by atoms with Crippen LogP contribution in [0.25, 0.3) is 21.9 Å². The first-order valence-corrected chi connectivity index (χ1v) is 12.1. The van der Waals surface area contributed by atoms with Crippen LogP contribution in [0.5, 0.6) is 0 Å². The van der Waals surface area contributed by atoms with Crippen molar-refractivity contribution in [1.82, 2.24) is 14.5 Å². The molecule has 162 valence electrons. The second-order valence-corrected chi connectivity index (χ2v) is 11.1. The summed E-state index contributed by atoms with van der Waals surface area (Å²) in [6.07, 6.45) is 2.13. The molecular formula is C20H20FN5O3S2. The first-order valence-electron chi connectivity index (χ1n) is 9.72. The van der Waals surface area contributed by atoms with Gasteiger partial charge in [0.05, 0.1) is 10.6 Å². The molecule has 1 aliphatic heterocycles. The monoisotopic (exact) mass is 461 g/mol. The second kappa shape index (κ2) is 6.86. The van der Waals surface area contributed by atoms with E-state index in [-0.39, 0.29) is 16.6 Å². The number of aromatic nitrogens is 2. The Morgan fingerprint density at radius 3 is 2.71 bits per heavy atom. The number of aliphatic imine (C=N–C) groups is 1. The lowest BCUT2D eigenvalue weighted by Crippen LogP contribution is -2.50. The molecule has 2 N–H and O–H groups in total. The molecule has 1 aromatic carbocycles. The van der Waals surface area contributed by atoms with Crippen molar-refractivity contribution >= 4 is 27.3 Å². The van der Waals surface area contributed by atoms with E-state index >= 15 is 0 Å². The van der Waals surface area contributed by atoms with E-state index in [2.05, 4.69) is 15.2 Å². The lowest BCUT2D eigenvalue weighted by Gasteiger charge is -2.33. The van der Waals surface area contributed by atoms with E-state index in [0.29, 0.717) is 22.6 Å². The zero-order valence-electron chi connectivity index (χ0n) is 16.9. The molecule has 1 atom stereocenters. The zero-order chi connectivity index (χ0) is 22.0. The number of sulfonamides is 1. The maximum Gasteiger partial charge on any atom is 0.247 e. The van der Waals surface area contributed by atoms with Crippen LogP contribution in [0.3, 0.4) is 0 Å². The molecule has 0 bridgehead atoms. The molecule has 1 saturated carbocycles. The third-order valence-electron chi connectivity index (χ3n) is 5.50. The Kier molecular flexibility index (Phi) is 4.45. The molecule has 1 aliphatic carbocycles. The lowest BCUT2D eigenvalue weighted by atomic mass is 10.0. The third kappa shape index (κ3) is 3.51. The molecule has 3 aromatic rings. The van der Waals surface area contributed by atoms with Gasteiger partial charge in [-0.1, -0.05) is 12.1 Å². The summed E-state index contributed by atoms with van der Waals surface area (Å²) in [5, 5.41) is 8.24. The van der Waals surface area contributed by atoms with Gasteiger partial charge in [0.2, 0.25) is 27.8 Å². The van der Waals surface area contributed by atoms with Crippen molar-refractivity contribution in [2.24, 2.45) is 10.7 Å². The van der Waals surface area contributed by atoms with Gasteiger partial charge in [-0.05, 0) is 43.5 Å². The number of benzene rings is 1. The van der Waals surface area contributed by atoms with Gasteiger partial charge >= 0.3 is 0 Å². The van der Waals surface area contributed by atoms with E-state index in [0.717, 1.165) is 39.6 Å². The largest absolute Gasteiger partial charge is 0.420 e. The normalized spacial score (nSPS) is 23.1. The first kappa shape index (κ1) is 20.1. The van der Waals surface area contributed by atoms with E-state index in [1.165, 1.54) is 13.1 Å². The molecule has 8 nitrogen and oxygen atoms in total. The van der Waals surface area contributed by atoms with Gasteiger partial charge in [0.25, 0.3) is 0 Å². The lowest BCUT2D eigenvalue weighted by molar-refractivity contribution is 0.466. The minimum atomic E-state index is -3.69. The van der Waals surface area contributed by atoms with Crippen LogP contribution < -0.4 is 5.73 Å². The smallest absolute Gasteiger partial charge is 0.247 e. The van der Waals surface area contributed by atoms with Crippen molar-refractivity contribution < 1.29 is 17.2 Å². The zero-order valence-corrected chi connectivity index (χ0v) is 18.5. The van der Waals surface area contributed by atoms with Gasteiger partial charge in [-0.2, -0.15) is 0 Å². The van der Waals surface area contributed by atoms with Gasteiger partial charge in [-0.15, -0.1) is 21.5 Å². The molecule has 11 heteroatoms. The number of halogens is 1. The fraction of sp³-hybridized carbons (Fsp3) is 0.350. The van der Waals surface area contributed by atoms with Crippen molar-refractivity contribution in [3.05, 3.63) is 46.9 Å². The minimum Gasteiger partial charge on any atom is -0.420 e. The predicted molar refractivity (Wildman–Crippen MR) is 116 cm³/mol. The van der Waals surface area contributed by atoms with Crippen LogP contribution >= 0.6 is 11.3 Å². The summed E-state index contributed by atoms with van der Waals surface area (Å²) in [4.78, 5) is 5.16. The number of nitrogens with two attached hydrogens (primary N) is 1. The summed E-state index contributed by atoms with van der Waals surface area (Å²) >= 11 is 1.16. The summed E-state index contributed by atoms with van der Waals surface area (Å²) < 4.78 is 46.6. The molecule has 31 heavy (non-hydrogen) atoms. The number of thiophene rings is 1. The van der Waals surface area contributed by atoms with E-state index in [1.807, 2.05) is 24.3 Å². The second-order valence-electron chi connectivity index (χ2n) is 8.06. The molecule has 0 amide bonds. The van der Waals surface area contributed by atoms with Crippen LogP contribution in [0.2, 0.25) is 0 Å². The molecule has 0 saturated heterocycles. The summed E-state index contributed by atoms with van der Waals surface area (Å²) in [5.41, 5.74) is 6.00. The molecule has 5 rings (SSSR count). The first-order chi connectivity index (χ1) is 14.7. The highest BCUT2D eigenvalue weighted by Gasteiger charge is 2.43. The summed E-state index contributed by atoms with van der Waals surface area (Å²) in [7, 11) is -2.36. The minimum absolute atomic E-state index is 0.159. The average molecular weight is 462 g/mol. The van der Waals surface area contributed by atoms with Crippen LogP contribution in [0.1, 0.15) is 36.5 Å². The molecule has 1 fully saturated rings. The molecule has 2 aliphatic rings. The summed E-state index contributed by atoms with van der Waals surface area (Å²) in [6.45, 7) is 1.58. The SMILES string of the molecule is CN1C(N)=N[C@](C)(c2sc(-c3cccc(-c4nnc(C5CC5)o4)c3)cc2F)CS1(=O)=O. The van der Waals surface area contributed by atoms with Gasteiger partial charge in [-0.3, -0.25) is 0 Å². The molecule has 0 radical (unpaired) electrons. The Morgan fingerprint density at radius 2 is 2.00 bits per heavy atom. The predicted octanol–water partition coefficient (Wildman–Crippen LogP) is 3.29. The highest BCUT2D eigenvalue weighted by molar-refractivity contribution is 7.89. The van der Waals surface area contributed by atoms with Gasteiger partial charge in [0, 0.05) is 23.4 Å². The summed E-state index contributed by atoms with van der Waals surface area (Å²) in [5.74, 6) is 0.396. The maximum atomic E-state index is 15.0. The van der Waals surface area contributed by atoms with Gasteiger partial charge in [0.15, 0.2) is 0 Å². The number of hydrogen-bond acceptors (Lipinski definition) is 8. The highest BCUT2D eigenvalue weighted by Crippen LogP contribution is 2.42. The fourth-order valence-electron chi connectivity index (χ4n) is 3.60. The van der Waals surface area contributed by atoms with E-state index in [4.69, 9.17) is 10.2 Å². The van der Waals surface area contributed by atoms with Crippen molar-refractivity contribution in [3.8, 4) is 21.9 Å². The maximum absolute atomic E-state index is 15.0. The van der Waals surface area contributed by atoms with Crippen LogP contribution in [0.15, 0.2) is 39.7 Å². The molecule has 0 unspecified atom stereocenters. The topological polar surface area (TPSA) is 115 Å². The fourth-order valence-corrected chi connectivity index (χ4v) is 6.25. The molecular weight excluding hydrogens is 441 g/mol. The van der Waals surface area contributed by atoms with E-state index in [9.17, 15) is 12.8 Å². The van der Waals surface area contributed by atoms with E-state index < -0.39 is 21.4 Å². The quantitative estimate of drug-likeness (QED) is 0.638. The van der Waals surface area contributed by atoms with Gasteiger partial charge in [-0.25, -0.2) is 22.1 Å². The van der Waals surface area contributed by atoms with Crippen LogP contribution in [-0.4, -0.2) is 41.7 Å². The number of nitrogens with zero attached hydrogens (tertiary/aromatic N) is 4. The van der Waals surface area contributed by atoms with Crippen molar-refractivity contribution in [1.29, 1.82) is 0 Å². The standard InChI is InChI=1S/C20H20FN5O3S2/c1-20(10-31(27,28)26(2)19(22)23-20)16-14(21)9-15(30-16)12-4-3-5-13(8-12)18-25-24-17(29-18)11-6-7-11/h3-5,8-9,11H,6-7,10H2,1-2H3,(H2,22,23)/t20-/m0/s1.